The van der Waals surface area contributed by atoms with Crippen LogP contribution in [0.1, 0.15) is 5.56 Å². The summed E-state index contributed by atoms with van der Waals surface area (Å²) in [7, 11) is 4.00. The number of hydrogen-bond donors (Lipinski definition) is 1. The number of carbonyl (C=O) groups is 1. The van der Waals surface area contributed by atoms with Gasteiger partial charge in [-0.2, -0.15) is 0 Å². The number of rotatable bonds is 6. The molecule has 2 N–H and O–H groups in total. The van der Waals surface area contributed by atoms with Crippen molar-refractivity contribution in [3.05, 3.63) is 60.2 Å². The minimum Gasteiger partial charge on any atom is -0.378 e. The van der Waals surface area contributed by atoms with Crippen LogP contribution in [0.25, 0.3) is 0 Å². The van der Waals surface area contributed by atoms with Crippen molar-refractivity contribution in [2.45, 2.75) is 16.6 Å². The number of benzene rings is 2. The minimum absolute atomic E-state index is 0.273. The van der Waals surface area contributed by atoms with Gasteiger partial charge in [-0.3, -0.25) is 4.79 Å². The van der Waals surface area contributed by atoms with Crippen LogP contribution in [0.5, 0.6) is 0 Å². The van der Waals surface area contributed by atoms with Gasteiger partial charge in [0.25, 0.3) is 0 Å². The average Bonchev–Trinajstić information content (AvgIpc) is 2.48. The Bertz CT molecular complexity index is 599. The van der Waals surface area contributed by atoms with Crippen LogP contribution in [0.2, 0.25) is 0 Å². The molecule has 2 rings (SSSR count). The van der Waals surface area contributed by atoms with Gasteiger partial charge >= 0.3 is 0 Å². The Hall–Kier alpha value is -1.94. The first-order chi connectivity index (χ1) is 10.1. The molecule has 1 atom stereocenters. The van der Waals surface area contributed by atoms with E-state index in [4.69, 9.17) is 5.73 Å². The number of primary amides is 1. The van der Waals surface area contributed by atoms with E-state index >= 15 is 0 Å². The molecule has 109 valence electrons. The number of carbonyl (C=O) groups excluding carboxylic acids is 1. The molecule has 3 nitrogen and oxygen atoms in total. The molecule has 1 unspecified atom stereocenters. The lowest BCUT2D eigenvalue weighted by molar-refractivity contribution is -0.117. The Morgan fingerprint density at radius 1 is 1.29 bits per heavy atom. The zero-order valence-corrected chi connectivity index (χ0v) is 13.1. The lowest BCUT2D eigenvalue weighted by atomic mass is 10.1. The van der Waals surface area contributed by atoms with Crippen LogP contribution < -0.4 is 10.6 Å². The lowest BCUT2D eigenvalue weighted by Crippen LogP contribution is -2.27. The number of thioether (sulfide) groups is 1. The van der Waals surface area contributed by atoms with Crippen molar-refractivity contribution in [1.29, 1.82) is 0 Å². The lowest BCUT2D eigenvalue weighted by Gasteiger charge is -2.16. The summed E-state index contributed by atoms with van der Waals surface area (Å²) in [5.74, 6) is -0.289. The molecule has 0 aliphatic heterocycles. The first-order valence-corrected chi connectivity index (χ1v) is 7.62. The summed E-state index contributed by atoms with van der Waals surface area (Å²) in [6.07, 6.45) is 0.625. The summed E-state index contributed by atoms with van der Waals surface area (Å²) in [6, 6.07) is 18.7. The summed E-state index contributed by atoms with van der Waals surface area (Å²) in [6.45, 7) is 0. The Labute approximate surface area is 130 Å². The van der Waals surface area contributed by atoms with E-state index in [2.05, 4.69) is 12.1 Å². The largest absolute Gasteiger partial charge is 0.378 e. The molecule has 1 radical (unpaired) electrons. The smallest absolute Gasteiger partial charge is 0.231 e. The fourth-order valence-corrected chi connectivity index (χ4v) is 3.00. The molecule has 0 aromatic heterocycles. The SMILES string of the molecule is CN(C)c1cccc(CC(Sc2cc[c]cc2)C(N)=O)c1. The van der Waals surface area contributed by atoms with E-state index in [-0.39, 0.29) is 11.2 Å². The molecule has 0 aliphatic carbocycles. The van der Waals surface area contributed by atoms with Crippen LogP contribution in [0.3, 0.4) is 0 Å². The predicted octanol–water partition coefficient (Wildman–Crippen LogP) is 2.74. The van der Waals surface area contributed by atoms with E-state index in [1.165, 1.54) is 11.8 Å². The van der Waals surface area contributed by atoms with Crippen molar-refractivity contribution < 1.29 is 4.79 Å². The molecule has 4 heteroatoms. The summed E-state index contributed by atoms with van der Waals surface area (Å²) < 4.78 is 0. The van der Waals surface area contributed by atoms with E-state index in [1.807, 2.05) is 61.5 Å². The topological polar surface area (TPSA) is 46.3 Å². The summed E-state index contributed by atoms with van der Waals surface area (Å²) in [4.78, 5) is 14.8. The van der Waals surface area contributed by atoms with Crippen molar-refractivity contribution in [3.8, 4) is 0 Å². The Kier molecular flexibility index (Phi) is 5.28. The van der Waals surface area contributed by atoms with E-state index < -0.39 is 0 Å². The summed E-state index contributed by atoms with van der Waals surface area (Å²) in [5.41, 5.74) is 7.78. The van der Waals surface area contributed by atoms with Gasteiger partial charge < -0.3 is 10.6 Å². The van der Waals surface area contributed by atoms with Gasteiger partial charge in [-0.25, -0.2) is 0 Å². The van der Waals surface area contributed by atoms with Crippen LogP contribution in [0, 0.1) is 6.07 Å². The van der Waals surface area contributed by atoms with Crippen LogP contribution in [0.4, 0.5) is 5.69 Å². The predicted molar refractivity (Wildman–Crippen MR) is 88.6 cm³/mol. The molecule has 0 spiro atoms. The van der Waals surface area contributed by atoms with E-state index in [0.717, 1.165) is 16.1 Å². The van der Waals surface area contributed by atoms with E-state index in [0.29, 0.717) is 6.42 Å². The maximum Gasteiger partial charge on any atom is 0.231 e. The van der Waals surface area contributed by atoms with Gasteiger partial charge in [-0.1, -0.05) is 24.3 Å². The van der Waals surface area contributed by atoms with Gasteiger partial charge in [0.05, 0.1) is 5.25 Å². The molecule has 0 saturated heterocycles. The average molecular weight is 299 g/mol. The second-order valence-corrected chi connectivity index (χ2v) is 6.29. The van der Waals surface area contributed by atoms with Crippen LogP contribution >= 0.6 is 11.8 Å². The van der Waals surface area contributed by atoms with Gasteiger partial charge in [0.15, 0.2) is 0 Å². The molecule has 2 aromatic carbocycles. The van der Waals surface area contributed by atoms with Crippen LogP contribution in [-0.2, 0) is 11.2 Å². The van der Waals surface area contributed by atoms with Gasteiger partial charge in [0.1, 0.15) is 0 Å². The third-order valence-electron chi connectivity index (χ3n) is 3.13. The number of nitrogens with two attached hydrogens (primary N) is 1. The van der Waals surface area contributed by atoms with Crippen LogP contribution in [0.15, 0.2) is 53.4 Å². The normalized spacial score (nSPS) is 11.9. The zero-order valence-electron chi connectivity index (χ0n) is 12.2. The third-order valence-corrected chi connectivity index (χ3v) is 4.36. The van der Waals surface area contributed by atoms with Gasteiger partial charge in [0, 0.05) is 24.7 Å². The molecule has 0 heterocycles. The fourth-order valence-electron chi connectivity index (χ4n) is 1.99. The van der Waals surface area contributed by atoms with E-state index in [9.17, 15) is 4.79 Å². The summed E-state index contributed by atoms with van der Waals surface area (Å²) >= 11 is 1.50. The molecular formula is C17H19N2OS. The molecule has 0 bridgehead atoms. The molecule has 0 fully saturated rings. The van der Waals surface area contributed by atoms with Crippen molar-refractivity contribution in [3.63, 3.8) is 0 Å². The zero-order chi connectivity index (χ0) is 15.2. The van der Waals surface area contributed by atoms with Crippen molar-refractivity contribution >= 4 is 23.4 Å². The van der Waals surface area contributed by atoms with Gasteiger partial charge in [-0.15, -0.1) is 11.8 Å². The highest BCUT2D eigenvalue weighted by Crippen LogP contribution is 2.26. The Balaban J connectivity index is 2.13. The molecule has 0 aliphatic rings. The fraction of sp³-hybridized carbons (Fsp3) is 0.235. The monoisotopic (exact) mass is 299 g/mol. The maximum atomic E-state index is 11.7. The Morgan fingerprint density at radius 3 is 2.62 bits per heavy atom. The first kappa shape index (κ1) is 15.4. The molecule has 0 saturated carbocycles. The van der Waals surface area contributed by atoms with Gasteiger partial charge in [0.2, 0.25) is 5.91 Å². The van der Waals surface area contributed by atoms with Crippen molar-refractivity contribution in [2.24, 2.45) is 5.73 Å². The Morgan fingerprint density at radius 2 is 2.00 bits per heavy atom. The van der Waals surface area contributed by atoms with E-state index in [1.54, 1.807) is 0 Å². The minimum atomic E-state index is -0.289. The van der Waals surface area contributed by atoms with Crippen molar-refractivity contribution in [1.82, 2.24) is 0 Å². The number of hydrogen-bond acceptors (Lipinski definition) is 3. The maximum absolute atomic E-state index is 11.7. The highest BCUT2D eigenvalue weighted by atomic mass is 32.2. The highest BCUT2D eigenvalue weighted by molar-refractivity contribution is 8.00. The molecule has 21 heavy (non-hydrogen) atoms. The quantitative estimate of drug-likeness (QED) is 0.834. The number of anilines is 1. The number of nitrogens with zero attached hydrogens (tertiary/aromatic N) is 1. The second-order valence-electron chi connectivity index (χ2n) is 5.01. The molecular weight excluding hydrogens is 280 g/mol. The van der Waals surface area contributed by atoms with Gasteiger partial charge in [-0.05, 0) is 42.3 Å². The van der Waals surface area contributed by atoms with Crippen molar-refractivity contribution in [2.75, 3.05) is 19.0 Å². The molecule has 1 amide bonds. The first-order valence-electron chi connectivity index (χ1n) is 6.74. The second kappa shape index (κ2) is 7.18. The molecule has 2 aromatic rings. The highest BCUT2D eigenvalue weighted by Gasteiger charge is 2.17. The standard InChI is InChI=1S/C17H19N2OS/c1-19(2)14-8-6-7-13(11-14)12-16(17(18)20)21-15-9-4-3-5-10-15/h4-11,16H,12H2,1-2H3,(H2,18,20). The van der Waals surface area contributed by atoms with Crippen LogP contribution in [-0.4, -0.2) is 25.3 Å². The summed E-state index contributed by atoms with van der Waals surface area (Å²) in [5, 5.41) is -0.273. The number of amides is 1. The third kappa shape index (κ3) is 4.53.